The van der Waals surface area contributed by atoms with Crippen molar-refractivity contribution in [1.82, 2.24) is 4.90 Å². The Bertz CT molecular complexity index is 1340. The van der Waals surface area contributed by atoms with Crippen LogP contribution in [0.5, 0.6) is 11.5 Å². The van der Waals surface area contributed by atoms with E-state index in [0.29, 0.717) is 17.6 Å². The van der Waals surface area contributed by atoms with E-state index in [2.05, 4.69) is 4.90 Å². The maximum absolute atomic E-state index is 14.0. The van der Waals surface area contributed by atoms with E-state index in [-0.39, 0.29) is 11.9 Å². The number of Topliss-reactive ketones (excluding diaryl/α,β-unsaturated/α-hetero) is 1. The zero-order valence-electron chi connectivity index (χ0n) is 22.4. The number of carbonyl (C=O) groups is 1. The number of carbonyl (C=O) groups excluding carboxylic acids is 1. The van der Waals surface area contributed by atoms with Gasteiger partial charge in [-0.25, -0.2) is 0 Å². The molecule has 5 heteroatoms. The van der Waals surface area contributed by atoms with Crippen LogP contribution in [0.4, 0.5) is 0 Å². The summed E-state index contributed by atoms with van der Waals surface area (Å²) in [6, 6.07) is 17.8. The van der Waals surface area contributed by atoms with Crippen molar-refractivity contribution >= 4 is 16.6 Å². The molecule has 5 rings (SSSR count). The molecule has 38 heavy (non-hydrogen) atoms. The van der Waals surface area contributed by atoms with Gasteiger partial charge in [0.05, 0.1) is 20.3 Å². The van der Waals surface area contributed by atoms with Crippen LogP contribution in [0.3, 0.4) is 0 Å². The SMILES string of the molecule is COc1cccc(-c2ccc3cc(OC)ccc3c2C(=O)C2=CCC(OCCCN3CCCCC3)C=C2)c1. The van der Waals surface area contributed by atoms with Crippen molar-refractivity contribution in [2.45, 2.75) is 38.2 Å². The molecule has 0 bridgehead atoms. The first-order valence-corrected chi connectivity index (χ1v) is 13.7. The number of methoxy groups -OCH3 is 2. The summed E-state index contributed by atoms with van der Waals surface area (Å²) in [4.78, 5) is 16.6. The van der Waals surface area contributed by atoms with Gasteiger partial charge in [-0.3, -0.25) is 4.79 Å². The van der Waals surface area contributed by atoms with E-state index in [1.54, 1.807) is 14.2 Å². The molecule has 3 aromatic rings. The third kappa shape index (κ3) is 6.01. The highest BCUT2D eigenvalue weighted by Gasteiger charge is 2.22. The monoisotopic (exact) mass is 511 g/mol. The summed E-state index contributed by atoms with van der Waals surface area (Å²) >= 11 is 0. The molecule has 1 aliphatic heterocycles. The first-order chi connectivity index (χ1) is 18.7. The van der Waals surface area contributed by atoms with Crippen LogP contribution < -0.4 is 9.47 Å². The minimum atomic E-state index is 0.0124. The van der Waals surface area contributed by atoms with Crippen molar-refractivity contribution in [3.63, 3.8) is 0 Å². The Labute approximate surface area is 225 Å². The van der Waals surface area contributed by atoms with E-state index in [9.17, 15) is 4.79 Å². The quantitative estimate of drug-likeness (QED) is 0.220. The summed E-state index contributed by atoms with van der Waals surface area (Å²) in [5, 5.41) is 1.87. The van der Waals surface area contributed by atoms with Crippen LogP contribution in [0.2, 0.25) is 0 Å². The highest BCUT2D eigenvalue weighted by atomic mass is 16.5. The van der Waals surface area contributed by atoms with Gasteiger partial charge in [0, 0.05) is 24.3 Å². The van der Waals surface area contributed by atoms with Crippen molar-refractivity contribution in [3.8, 4) is 22.6 Å². The molecule has 3 aromatic carbocycles. The first-order valence-electron chi connectivity index (χ1n) is 13.7. The van der Waals surface area contributed by atoms with E-state index in [1.807, 2.05) is 72.8 Å². The molecule has 198 valence electrons. The first kappa shape index (κ1) is 26.2. The van der Waals surface area contributed by atoms with Crippen LogP contribution >= 0.6 is 0 Å². The largest absolute Gasteiger partial charge is 0.497 e. The van der Waals surface area contributed by atoms with Gasteiger partial charge >= 0.3 is 0 Å². The van der Waals surface area contributed by atoms with Gasteiger partial charge in [0.1, 0.15) is 11.5 Å². The van der Waals surface area contributed by atoms with Crippen LogP contribution in [0.1, 0.15) is 42.5 Å². The Balaban J connectivity index is 1.34. The van der Waals surface area contributed by atoms with Crippen molar-refractivity contribution in [2.24, 2.45) is 0 Å². The average Bonchev–Trinajstić information content (AvgIpc) is 2.99. The lowest BCUT2D eigenvalue weighted by Crippen LogP contribution is -2.31. The van der Waals surface area contributed by atoms with Gasteiger partial charge in [-0.15, -0.1) is 0 Å². The summed E-state index contributed by atoms with van der Waals surface area (Å²) < 4.78 is 17.0. The fourth-order valence-corrected chi connectivity index (χ4v) is 5.45. The maximum atomic E-state index is 14.0. The molecule has 5 nitrogen and oxygen atoms in total. The fraction of sp³-hybridized carbons (Fsp3) is 0.364. The molecular formula is C33H37NO4. The number of likely N-dealkylation sites (tertiary alicyclic amines) is 1. The van der Waals surface area contributed by atoms with Crippen molar-refractivity contribution in [3.05, 3.63) is 84.0 Å². The van der Waals surface area contributed by atoms with E-state index >= 15 is 0 Å². The summed E-state index contributed by atoms with van der Waals surface area (Å²) in [6.07, 6.45) is 11.7. The minimum Gasteiger partial charge on any atom is -0.497 e. The van der Waals surface area contributed by atoms with E-state index < -0.39 is 0 Å². The number of piperidine rings is 1. The van der Waals surface area contributed by atoms with Crippen molar-refractivity contribution < 1.29 is 19.0 Å². The lowest BCUT2D eigenvalue weighted by molar-refractivity contribution is 0.0754. The Kier molecular flexibility index (Phi) is 8.57. The van der Waals surface area contributed by atoms with Gasteiger partial charge in [0.15, 0.2) is 5.78 Å². The maximum Gasteiger partial charge on any atom is 0.193 e. The third-order valence-electron chi connectivity index (χ3n) is 7.56. The van der Waals surface area contributed by atoms with Gasteiger partial charge < -0.3 is 19.1 Å². The summed E-state index contributed by atoms with van der Waals surface area (Å²) in [6.45, 7) is 4.29. The number of ether oxygens (including phenoxy) is 3. The minimum absolute atomic E-state index is 0.0124. The van der Waals surface area contributed by atoms with Crippen LogP contribution in [-0.4, -0.2) is 57.2 Å². The van der Waals surface area contributed by atoms with Crippen LogP contribution in [0, 0.1) is 0 Å². The van der Waals surface area contributed by atoms with E-state index in [1.165, 1.54) is 32.4 Å². The highest BCUT2D eigenvalue weighted by molar-refractivity contribution is 6.21. The second-order valence-electron chi connectivity index (χ2n) is 10.1. The lowest BCUT2D eigenvalue weighted by atomic mass is 9.87. The average molecular weight is 512 g/mol. The number of rotatable bonds is 10. The molecule has 0 spiro atoms. The van der Waals surface area contributed by atoms with Gasteiger partial charge in [-0.2, -0.15) is 0 Å². The normalized spacial score (nSPS) is 17.8. The number of hydrogen-bond donors (Lipinski definition) is 0. The molecule has 2 aliphatic rings. The second-order valence-corrected chi connectivity index (χ2v) is 10.1. The Morgan fingerprint density at radius 3 is 2.53 bits per heavy atom. The molecule has 1 atom stereocenters. The number of hydrogen-bond acceptors (Lipinski definition) is 5. The third-order valence-corrected chi connectivity index (χ3v) is 7.56. The standard InChI is InChI=1S/C33H37NO4/c1-36-28-9-6-8-25(22-28)30-16-12-26-23-29(37-2)15-17-31(26)32(30)33(35)24-10-13-27(14-11-24)38-21-7-20-34-18-4-3-5-19-34/h6,8-13,15-17,22-23,27H,3-5,7,14,18-21H2,1-2H3. The molecule has 1 heterocycles. The molecule has 0 amide bonds. The second kappa shape index (κ2) is 12.4. The van der Waals surface area contributed by atoms with E-state index in [0.717, 1.165) is 53.0 Å². The van der Waals surface area contributed by atoms with Crippen molar-refractivity contribution in [2.75, 3.05) is 40.5 Å². The van der Waals surface area contributed by atoms with Crippen molar-refractivity contribution in [1.29, 1.82) is 0 Å². The van der Waals surface area contributed by atoms with E-state index in [4.69, 9.17) is 14.2 Å². The van der Waals surface area contributed by atoms with Crippen LogP contribution in [0.15, 0.2) is 78.4 Å². The number of benzene rings is 3. The number of fused-ring (bicyclic) bond motifs is 1. The Hall–Kier alpha value is -3.41. The summed E-state index contributed by atoms with van der Waals surface area (Å²) in [5.41, 5.74) is 3.22. The molecule has 0 saturated carbocycles. The predicted molar refractivity (Wildman–Crippen MR) is 153 cm³/mol. The van der Waals surface area contributed by atoms with Gasteiger partial charge in [0.25, 0.3) is 0 Å². The van der Waals surface area contributed by atoms with Gasteiger partial charge in [-0.05, 0) is 91.0 Å². The smallest absolute Gasteiger partial charge is 0.193 e. The fourth-order valence-electron chi connectivity index (χ4n) is 5.45. The molecule has 0 radical (unpaired) electrons. The molecular weight excluding hydrogens is 474 g/mol. The lowest BCUT2D eigenvalue weighted by Gasteiger charge is -2.26. The molecule has 0 N–H and O–H groups in total. The zero-order valence-corrected chi connectivity index (χ0v) is 22.4. The molecule has 0 aromatic heterocycles. The zero-order chi connectivity index (χ0) is 26.3. The number of allylic oxidation sites excluding steroid dienone is 2. The van der Waals surface area contributed by atoms with Gasteiger partial charge in [-0.1, -0.05) is 48.9 Å². The van der Waals surface area contributed by atoms with Gasteiger partial charge in [0.2, 0.25) is 0 Å². The topological polar surface area (TPSA) is 48.0 Å². The highest BCUT2D eigenvalue weighted by Crippen LogP contribution is 2.35. The molecule has 1 fully saturated rings. The Morgan fingerprint density at radius 2 is 1.76 bits per heavy atom. The Morgan fingerprint density at radius 1 is 0.947 bits per heavy atom. The number of nitrogens with zero attached hydrogens (tertiary/aromatic N) is 1. The van der Waals surface area contributed by atoms with Crippen LogP contribution in [-0.2, 0) is 4.74 Å². The molecule has 1 aliphatic carbocycles. The summed E-state index contributed by atoms with van der Waals surface area (Å²) in [5.74, 6) is 1.54. The number of ketones is 1. The van der Waals surface area contributed by atoms with Crippen LogP contribution in [0.25, 0.3) is 21.9 Å². The molecule has 1 saturated heterocycles. The summed E-state index contributed by atoms with van der Waals surface area (Å²) in [7, 11) is 3.31. The predicted octanol–water partition coefficient (Wildman–Crippen LogP) is 6.85. The molecule has 1 unspecified atom stereocenters.